The fourth-order valence-electron chi connectivity index (χ4n) is 1.51. The van der Waals surface area contributed by atoms with Crippen molar-refractivity contribution in [3.05, 3.63) is 63.6 Å². The third-order valence-electron chi connectivity index (χ3n) is 2.39. The number of benzene rings is 2. The largest absolute Gasteiger partial charge is 0.319 e. The monoisotopic (exact) mass is 301 g/mol. The first-order valence-electron chi connectivity index (χ1n) is 5.20. The lowest BCUT2D eigenvalue weighted by Crippen LogP contribution is -2.16. The summed E-state index contributed by atoms with van der Waals surface area (Å²) in [4.78, 5) is 11.9. The van der Waals surface area contributed by atoms with Gasteiger partial charge in [-0.3, -0.25) is 4.79 Å². The van der Waals surface area contributed by atoms with E-state index in [0.717, 1.165) is 12.1 Å². The second kappa shape index (κ2) is 5.55. The van der Waals surface area contributed by atoms with E-state index in [-0.39, 0.29) is 15.7 Å². The molecule has 0 bridgehead atoms. The number of hydrogen-bond donors (Lipinski definition) is 1. The Balaban J connectivity index is 2.37. The molecular formula is C13H7Cl2F2NO. The van der Waals surface area contributed by atoms with Crippen molar-refractivity contribution < 1.29 is 13.6 Å². The summed E-state index contributed by atoms with van der Waals surface area (Å²) >= 11 is 11.7. The van der Waals surface area contributed by atoms with Gasteiger partial charge in [-0.05, 0) is 24.3 Å². The molecule has 2 rings (SSSR count). The predicted molar refractivity (Wildman–Crippen MR) is 70.8 cm³/mol. The number of nitrogens with one attached hydrogen (secondary N) is 1. The SMILES string of the molecule is O=C(Nc1c(Cl)cccc1Cl)c1c(F)cccc1F. The summed E-state index contributed by atoms with van der Waals surface area (Å²) < 4.78 is 26.9. The summed E-state index contributed by atoms with van der Waals surface area (Å²) in [5, 5.41) is 2.65. The number of anilines is 1. The van der Waals surface area contributed by atoms with Crippen LogP contribution in [0.2, 0.25) is 10.0 Å². The summed E-state index contributed by atoms with van der Waals surface area (Å²) in [7, 11) is 0. The van der Waals surface area contributed by atoms with Gasteiger partial charge in [-0.2, -0.15) is 0 Å². The molecule has 0 fully saturated rings. The topological polar surface area (TPSA) is 29.1 Å². The van der Waals surface area contributed by atoms with Gasteiger partial charge in [-0.15, -0.1) is 0 Å². The van der Waals surface area contributed by atoms with Crippen molar-refractivity contribution in [2.75, 3.05) is 5.32 Å². The van der Waals surface area contributed by atoms with Gasteiger partial charge in [0.15, 0.2) is 0 Å². The Labute approximate surface area is 118 Å². The van der Waals surface area contributed by atoms with E-state index in [1.54, 1.807) is 6.07 Å². The third kappa shape index (κ3) is 2.85. The van der Waals surface area contributed by atoms with Crippen molar-refractivity contribution in [2.45, 2.75) is 0 Å². The average Bonchev–Trinajstić information content (AvgIpc) is 2.34. The number of carbonyl (C=O) groups excluding carboxylic acids is 1. The highest BCUT2D eigenvalue weighted by atomic mass is 35.5. The third-order valence-corrected chi connectivity index (χ3v) is 3.02. The first-order chi connectivity index (χ1) is 9.00. The average molecular weight is 302 g/mol. The smallest absolute Gasteiger partial charge is 0.261 e. The van der Waals surface area contributed by atoms with E-state index in [0.29, 0.717) is 0 Å². The van der Waals surface area contributed by atoms with Gasteiger partial charge in [0.25, 0.3) is 5.91 Å². The first kappa shape index (κ1) is 13.8. The highest BCUT2D eigenvalue weighted by molar-refractivity contribution is 6.40. The van der Waals surface area contributed by atoms with Crippen LogP contribution in [0.5, 0.6) is 0 Å². The molecule has 0 radical (unpaired) electrons. The van der Waals surface area contributed by atoms with E-state index in [1.807, 2.05) is 0 Å². The molecule has 0 aliphatic rings. The Bertz CT molecular complexity index is 606. The quantitative estimate of drug-likeness (QED) is 0.868. The number of amides is 1. The lowest BCUT2D eigenvalue weighted by molar-refractivity contribution is 0.101. The zero-order valence-electron chi connectivity index (χ0n) is 9.38. The van der Waals surface area contributed by atoms with Crippen molar-refractivity contribution in [1.29, 1.82) is 0 Å². The van der Waals surface area contributed by atoms with E-state index in [2.05, 4.69) is 5.32 Å². The van der Waals surface area contributed by atoms with Crippen molar-refractivity contribution in [3.63, 3.8) is 0 Å². The minimum absolute atomic E-state index is 0.110. The number of rotatable bonds is 2. The van der Waals surface area contributed by atoms with Crippen molar-refractivity contribution >= 4 is 34.8 Å². The molecule has 6 heteroatoms. The molecule has 0 saturated carbocycles. The molecule has 0 heterocycles. The molecule has 0 aromatic heterocycles. The highest BCUT2D eigenvalue weighted by Crippen LogP contribution is 2.30. The van der Waals surface area contributed by atoms with E-state index in [9.17, 15) is 13.6 Å². The zero-order valence-corrected chi connectivity index (χ0v) is 10.9. The van der Waals surface area contributed by atoms with Crippen molar-refractivity contribution in [3.8, 4) is 0 Å². The maximum atomic E-state index is 13.4. The molecule has 19 heavy (non-hydrogen) atoms. The Kier molecular flexibility index (Phi) is 4.02. The Hall–Kier alpha value is -1.65. The zero-order chi connectivity index (χ0) is 14.0. The second-order valence-corrected chi connectivity index (χ2v) is 4.46. The molecule has 1 amide bonds. The van der Waals surface area contributed by atoms with Crippen LogP contribution in [0.25, 0.3) is 0 Å². The van der Waals surface area contributed by atoms with E-state index >= 15 is 0 Å². The summed E-state index contributed by atoms with van der Waals surface area (Å²) in [5.41, 5.74) is -0.572. The molecule has 98 valence electrons. The van der Waals surface area contributed by atoms with Gasteiger partial charge in [0.05, 0.1) is 15.7 Å². The van der Waals surface area contributed by atoms with E-state index < -0.39 is 23.1 Å². The van der Waals surface area contributed by atoms with Gasteiger partial charge < -0.3 is 5.32 Å². The number of halogens is 4. The van der Waals surface area contributed by atoms with Crippen LogP contribution < -0.4 is 5.32 Å². The number of hydrogen-bond acceptors (Lipinski definition) is 1. The molecular weight excluding hydrogens is 295 g/mol. The maximum Gasteiger partial charge on any atom is 0.261 e. The molecule has 0 unspecified atom stereocenters. The Morgan fingerprint density at radius 2 is 1.42 bits per heavy atom. The molecule has 2 nitrogen and oxygen atoms in total. The van der Waals surface area contributed by atoms with Crippen LogP contribution in [0, 0.1) is 11.6 Å². The number of carbonyl (C=O) groups is 1. The maximum absolute atomic E-state index is 13.4. The fraction of sp³-hybridized carbons (Fsp3) is 0. The Morgan fingerprint density at radius 1 is 0.947 bits per heavy atom. The van der Waals surface area contributed by atoms with Crippen LogP contribution in [0.4, 0.5) is 14.5 Å². The molecule has 0 atom stereocenters. The van der Waals surface area contributed by atoms with Crippen LogP contribution in [-0.2, 0) is 0 Å². The van der Waals surface area contributed by atoms with Crippen LogP contribution in [0.3, 0.4) is 0 Å². The summed E-state index contributed by atoms with van der Waals surface area (Å²) in [5.74, 6) is -2.87. The van der Waals surface area contributed by atoms with E-state index in [1.165, 1.54) is 18.2 Å². The minimum atomic E-state index is -0.958. The van der Waals surface area contributed by atoms with Gasteiger partial charge in [0.2, 0.25) is 0 Å². The first-order valence-corrected chi connectivity index (χ1v) is 5.95. The molecule has 0 saturated heterocycles. The van der Waals surface area contributed by atoms with Gasteiger partial charge in [-0.25, -0.2) is 8.78 Å². The van der Waals surface area contributed by atoms with Gasteiger partial charge >= 0.3 is 0 Å². The van der Waals surface area contributed by atoms with Gasteiger partial charge in [-0.1, -0.05) is 35.3 Å². The standard InChI is InChI=1S/C13H7Cl2F2NO/c14-7-3-1-4-8(15)12(7)18-13(19)11-9(16)5-2-6-10(11)17/h1-6H,(H,18,19). The fourth-order valence-corrected chi connectivity index (χ4v) is 2.00. The second-order valence-electron chi connectivity index (χ2n) is 3.65. The summed E-state index contributed by atoms with van der Waals surface area (Å²) in [6.07, 6.45) is 0. The highest BCUT2D eigenvalue weighted by Gasteiger charge is 2.18. The molecule has 0 spiro atoms. The molecule has 1 N–H and O–H groups in total. The van der Waals surface area contributed by atoms with Crippen LogP contribution >= 0.6 is 23.2 Å². The summed E-state index contributed by atoms with van der Waals surface area (Å²) in [6, 6.07) is 7.74. The molecule has 2 aromatic carbocycles. The lowest BCUT2D eigenvalue weighted by Gasteiger charge is -2.10. The van der Waals surface area contributed by atoms with Crippen molar-refractivity contribution in [2.24, 2.45) is 0 Å². The lowest BCUT2D eigenvalue weighted by atomic mass is 10.2. The van der Waals surface area contributed by atoms with Gasteiger partial charge in [0, 0.05) is 0 Å². The molecule has 2 aromatic rings. The summed E-state index contributed by atoms with van der Waals surface area (Å²) in [6.45, 7) is 0. The normalized spacial score (nSPS) is 10.3. The van der Waals surface area contributed by atoms with Gasteiger partial charge in [0.1, 0.15) is 17.2 Å². The van der Waals surface area contributed by atoms with E-state index in [4.69, 9.17) is 23.2 Å². The predicted octanol–water partition coefficient (Wildman–Crippen LogP) is 4.52. The van der Waals surface area contributed by atoms with Crippen LogP contribution in [-0.4, -0.2) is 5.91 Å². The minimum Gasteiger partial charge on any atom is -0.319 e. The Morgan fingerprint density at radius 3 is 1.95 bits per heavy atom. The van der Waals surface area contributed by atoms with Crippen LogP contribution in [0.1, 0.15) is 10.4 Å². The molecule has 0 aliphatic heterocycles. The number of para-hydroxylation sites is 1. The molecule has 0 aliphatic carbocycles. The van der Waals surface area contributed by atoms with Crippen molar-refractivity contribution in [1.82, 2.24) is 0 Å². The van der Waals surface area contributed by atoms with Crippen LogP contribution in [0.15, 0.2) is 36.4 Å².